The highest BCUT2D eigenvalue weighted by atomic mass is 16.6. The minimum atomic E-state index is -0.951. The van der Waals surface area contributed by atoms with Crippen LogP contribution < -0.4 is 10.6 Å². The molecule has 1 aliphatic rings. The molecular weight excluding hydrogens is 266 g/mol. The van der Waals surface area contributed by atoms with Crippen LogP contribution in [0.3, 0.4) is 0 Å². The van der Waals surface area contributed by atoms with E-state index in [2.05, 4.69) is 4.98 Å². The van der Waals surface area contributed by atoms with Crippen LogP contribution in [0.5, 0.6) is 0 Å². The van der Waals surface area contributed by atoms with Crippen LogP contribution in [-0.2, 0) is 0 Å². The van der Waals surface area contributed by atoms with Crippen molar-refractivity contribution in [2.24, 2.45) is 0 Å². The van der Waals surface area contributed by atoms with Gasteiger partial charge in [-0.3, -0.25) is 10.1 Å². The minimum absolute atomic E-state index is 0.138. The molecule has 20 heavy (non-hydrogen) atoms. The topological polar surface area (TPSA) is 126 Å². The molecule has 0 bridgehead atoms. The van der Waals surface area contributed by atoms with Gasteiger partial charge >= 0.3 is 11.8 Å². The molecule has 9 heteroatoms. The Kier molecular flexibility index (Phi) is 3.59. The first-order valence-corrected chi connectivity index (χ1v) is 6.05. The summed E-state index contributed by atoms with van der Waals surface area (Å²) >= 11 is 0. The molecule has 1 aliphatic heterocycles. The number of pyridine rings is 1. The molecule has 2 rings (SSSR count). The smallest absolute Gasteiger partial charge is 0.407 e. The number of rotatable bonds is 2. The van der Waals surface area contributed by atoms with Crippen LogP contribution in [0.15, 0.2) is 12.1 Å². The summed E-state index contributed by atoms with van der Waals surface area (Å²) in [5, 5.41) is 19.7. The first-order valence-electron chi connectivity index (χ1n) is 6.05. The van der Waals surface area contributed by atoms with Gasteiger partial charge in [-0.2, -0.15) is 0 Å². The normalized spacial score (nSPS) is 18.9. The summed E-state index contributed by atoms with van der Waals surface area (Å²) in [5.74, 6) is 0.380. The summed E-state index contributed by atoms with van der Waals surface area (Å²) in [7, 11) is 0. The number of amides is 1. The van der Waals surface area contributed by atoms with Crippen molar-refractivity contribution in [1.82, 2.24) is 9.88 Å². The van der Waals surface area contributed by atoms with Crippen LogP contribution in [0.1, 0.15) is 6.92 Å². The molecule has 108 valence electrons. The molecule has 0 radical (unpaired) electrons. The molecule has 0 saturated carbocycles. The van der Waals surface area contributed by atoms with Crippen molar-refractivity contribution >= 4 is 23.4 Å². The largest absolute Gasteiger partial charge is 0.465 e. The van der Waals surface area contributed by atoms with E-state index in [-0.39, 0.29) is 17.5 Å². The molecule has 3 N–H and O–H groups in total. The van der Waals surface area contributed by atoms with E-state index in [0.29, 0.717) is 25.5 Å². The van der Waals surface area contributed by atoms with Gasteiger partial charge in [0.05, 0.1) is 4.92 Å². The summed E-state index contributed by atoms with van der Waals surface area (Å²) in [6.07, 6.45) is -0.951. The van der Waals surface area contributed by atoms with Gasteiger partial charge in [0.1, 0.15) is 5.82 Å². The van der Waals surface area contributed by atoms with Crippen molar-refractivity contribution in [2.45, 2.75) is 13.0 Å². The molecule has 9 nitrogen and oxygen atoms in total. The lowest BCUT2D eigenvalue weighted by Gasteiger charge is -2.38. The summed E-state index contributed by atoms with van der Waals surface area (Å²) in [5.41, 5.74) is 5.32. The van der Waals surface area contributed by atoms with Gasteiger partial charge in [0, 0.05) is 31.7 Å². The quantitative estimate of drug-likeness (QED) is 0.605. The number of anilines is 2. The van der Waals surface area contributed by atoms with Crippen LogP contribution in [-0.4, -0.2) is 51.7 Å². The van der Waals surface area contributed by atoms with Crippen molar-refractivity contribution in [3.8, 4) is 0 Å². The van der Waals surface area contributed by atoms with E-state index in [1.54, 1.807) is 6.92 Å². The van der Waals surface area contributed by atoms with E-state index >= 15 is 0 Å². The lowest BCUT2D eigenvalue weighted by molar-refractivity contribution is -0.384. The fourth-order valence-electron chi connectivity index (χ4n) is 2.24. The van der Waals surface area contributed by atoms with E-state index in [0.717, 1.165) is 0 Å². The van der Waals surface area contributed by atoms with Crippen LogP contribution in [0.2, 0.25) is 0 Å². The Bertz CT molecular complexity index is 550. The third kappa shape index (κ3) is 2.56. The molecule has 1 amide bonds. The average molecular weight is 281 g/mol. The summed E-state index contributed by atoms with van der Waals surface area (Å²) in [6, 6.07) is 2.66. The number of nitrogens with two attached hydrogens (primary N) is 1. The van der Waals surface area contributed by atoms with Gasteiger partial charge in [-0.05, 0) is 13.0 Å². The summed E-state index contributed by atoms with van der Waals surface area (Å²) in [6.45, 7) is 3.10. The summed E-state index contributed by atoms with van der Waals surface area (Å²) in [4.78, 5) is 28.3. The van der Waals surface area contributed by atoms with Crippen molar-refractivity contribution in [3.63, 3.8) is 0 Å². The zero-order valence-electron chi connectivity index (χ0n) is 10.9. The number of piperazine rings is 1. The molecule has 1 aromatic rings. The zero-order chi connectivity index (χ0) is 14.9. The SMILES string of the molecule is C[C@H]1CN(c2ccc([N+](=O)[O-])c(N)n2)CCN1C(=O)O. The molecule has 1 fully saturated rings. The Labute approximate surface area is 114 Å². The maximum atomic E-state index is 11.0. The van der Waals surface area contributed by atoms with E-state index < -0.39 is 11.0 Å². The van der Waals surface area contributed by atoms with Gasteiger partial charge in [-0.1, -0.05) is 0 Å². The van der Waals surface area contributed by atoms with E-state index in [1.807, 2.05) is 4.90 Å². The number of nitro groups is 1. The number of nitrogens with zero attached hydrogens (tertiary/aromatic N) is 4. The lowest BCUT2D eigenvalue weighted by Crippen LogP contribution is -2.53. The number of hydrogen-bond donors (Lipinski definition) is 2. The first-order chi connectivity index (χ1) is 9.40. The fourth-order valence-corrected chi connectivity index (χ4v) is 2.24. The third-order valence-electron chi connectivity index (χ3n) is 3.28. The van der Waals surface area contributed by atoms with E-state index in [4.69, 9.17) is 10.8 Å². The van der Waals surface area contributed by atoms with Crippen molar-refractivity contribution in [1.29, 1.82) is 0 Å². The highest BCUT2D eigenvalue weighted by Crippen LogP contribution is 2.24. The van der Waals surface area contributed by atoms with Crippen LogP contribution in [0.25, 0.3) is 0 Å². The Hall–Kier alpha value is -2.58. The van der Waals surface area contributed by atoms with Crippen molar-refractivity contribution in [2.75, 3.05) is 30.3 Å². The van der Waals surface area contributed by atoms with E-state index in [9.17, 15) is 14.9 Å². The molecule has 0 spiro atoms. The third-order valence-corrected chi connectivity index (χ3v) is 3.28. The molecule has 1 aromatic heterocycles. The second-order valence-corrected chi connectivity index (χ2v) is 4.60. The zero-order valence-corrected chi connectivity index (χ0v) is 10.9. The Morgan fingerprint density at radius 2 is 2.25 bits per heavy atom. The number of hydrogen-bond acceptors (Lipinski definition) is 6. The standard InChI is InChI=1S/C11H15N5O4/c1-7-6-14(4-5-15(7)11(17)18)9-3-2-8(16(19)20)10(12)13-9/h2-3,7H,4-6H2,1H3,(H2,12,13)(H,17,18)/t7-/m0/s1. The van der Waals surface area contributed by atoms with Crippen LogP contribution in [0, 0.1) is 10.1 Å². The van der Waals surface area contributed by atoms with Crippen LogP contribution >= 0.6 is 0 Å². The van der Waals surface area contributed by atoms with Gasteiger partial charge in [-0.15, -0.1) is 0 Å². The fraction of sp³-hybridized carbons (Fsp3) is 0.455. The van der Waals surface area contributed by atoms with Gasteiger partial charge in [0.2, 0.25) is 5.82 Å². The van der Waals surface area contributed by atoms with Gasteiger partial charge in [-0.25, -0.2) is 9.78 Å². The summed E-state index contributed by atoms with van der Waals surface area (Å²) < 4.78 is 0. The first kappa shape index (κ1) is 13.8. The molecule has 0 aliphatic carbocycles. The predicted molar refractivity (Wildman–Crippen MR) is 71.7 cm³/mol. The van der Waals surface area contributed by atoms with Gasteiger partial charge in [0.25, 0.3) is 0 Å². The average Bonchev–Trinajstić information content (AvgIpc) is 2.37. The Morgan fingerprint density at radius 3 is 2.75 bits per heavy atom. The highest BCUT2D eigenvalue weighted by Gasteiger charge is 2.28. The maximum absolute atomic E-state index is 11.0. The van der Waals surface area contributed by atoms with Gasteiger partial charge in [0.15, 0.2) is 0 Å². The molecule has 1 saturated heterocycles. The Balaban J connectivity index is 2.16. The molecule has 0 aromatic carbocycles. The maximum Gasteiger partial charge on any atom is 0.407 e. The predicted octanol–water partition coefficient (Wildman–Crippen LogP) is 0.760. The van der Waals surface area contributed by atoms with E-state index in [1.165, 1.54) is 17.0 Å². The lowest BCUT2D eigenvalue weighted by atomic mass is 10.2. The molecule has 2 heterocycles. The number of carbonyl (C=O) groups is 1. The highest BCUT2D eigenvalue weighted by molar-refractivity contribution is 5.66. The second kappa shape index (κ2) is 5.19. The minimum Gasteiger partial charge on any atom is -0.465 e. The molecular formula is C11H15N5O4. The molecule has 1 atom stereocenters. The van der Waals surface area contributed by atoms with Gasteiger partial charge < -0.3 is 20.6 Å². The van der Waals surface area contributed by atoms with Crippen molar-refractivity contribution < 1.29 is 14.8 Å². The van der Waals surface area contributed by atoms with Crippen molar-refractivity contribution in [3.05, 3.63) is 22.2 Å². The van der Waals surface area contributed by atoms with Crippen LogP contribution in [0.4, 0.5) is 22.1 Å². The number of nitrogen functional groups attached to an aromatic ring is 1. The Morgan fingerprint density at radius 1 is 1.55 bits per heavy atom. The molecule has 0 unspecified atom stereocenters. The second-order valence-electron chi connectivity index (χ2n) is 4.60. The monoisotopic (exact) mass is 281 g/mol. The number of aromatic nitrogens is 1. The number of carboxylic acid groups (broad SMARTS) is 1.